The lowest BCUT2D eigenvalue weighted by molar-refractivity contribution is 0.0142. The lowest BCUT2D eigenvalue weighted by atomic mass is 10.0. The largest absolute Gasteiger partial charge is 0.379 e. The molecule has 0 N–H and O–H groups in total. The van der Waals surface area contributed by atoms with E-state index in [9.17, 15) is 4.79 Å². The van der Waals surface area contributed by atoms with E-state index in [1.54, 1.807) is 7.11 Å². The number of thiophene rings is 1. The topological polar surface area (TPSA) is 26.3 Å². The second kappa shape index (κ2) is 5.76. The molecule has 90 valence electrons. The summed E-state index contributed by atoms with van der Waals surface area (Å²) in [6.07, 6.45) is 1.25. The molecule has 1 heterocycles. The van der Waals surface area contributed by atoms with Crippen LogP contribution < -0.4 is 0 Å². The number of carbonyl (C=O) groups is 1. The number of halogens is 2. The number of ether oxygens (including phenoxy) is 1. The molecule has 0 unspecified atom stereocenters. The molecule has 0 aliphatic rings. The summed E-state index contributed by atoms with van der Waals surface area (Å²) in [6, 6.07) is 1.86. The zero-order valence-electron chi connectivity index (χ0n) is 9.47. The van der Waals surface area contributed by atoms with Gasteiger partial charge in [0.15, 0.2) is 5.78 Å². The van der Waals surface area contributed by atoms with E-state index in [1.165, 1.54) is 11.3 Å². The molecule has 2 nitrogen and oxygen atoms in total. The third kappa shape index (κ3) is 3.95. The summed E-state index contributed by atoms with van der Waals surface area (Å²) >= 11 is 8.22. The van der Waals surface area contributed by atoms with Gasteiger partial charge in [-0.2, -0.15) is 0 Å². The van der Waals surface area contributed by atoms with Crippen molar-refractivity contribution in [1.82, 2.24) is 0 Å². The molecule has 0 aromatic carbocycles. The monoisotopic (exact) mass is 368 g/mol. The fraction of sp³-hybridized carbons (Fsp3) is 0.545. The number of carbonyl (C=O) groups excluding carboxylic acids is 1. The summed E-state index contributed by atoms with van der Waals surface area (Å²) in [5.41, 5.74) is -0.235. The minimum Gasteiger partial charge on any atom is -0.379 e. The normalized spacial score (nSPS) is 11.8. The summed E-state index contributed by atoms with van der Waals surface area (Å²) in [5.74, 6) is 0.168. The number of ketones is 1. The Morgan fingerprint density at radius 1 is 1.50 bits per heavy atom. The predicted octanol–water partition coefficient (Wildman–Crippen LogP) is 4.66. The van der Waals surface area contributed by atoms with Crippen LogP contribution in [0.25, 0.3) is 0 Å². The minimum atomic E-state index is -0.235. The van der Waals surface area contributed by atoms with Gasteiger partial charge in [-0.25, -0.2) is 0 Å². The second-order valence-corrected chi connectivity index (χ2v) is 7.34. The van der Waals surface area contributed by atoms with Gasteiger partial charge in [0, 0.05) is 18.0 Å². The van der Waals surface area contributed by atoms with Gasteiger partial charge in [-0.15, -0.1) is 11.3 Å². The van der Waals surface area contributed by atoms with Gasteiger partial charge < -0.3 is 4.74 Å². The van der Waals surface area contributed by atoms with Crippen molar-refractivity contribution in [1.29, 1.82) is 0 Å². The van der Waals surface area contributed by atoms with Gasteiger partial charge in [-0.1, -0.05) is 0 Å². The fourth-order valence-corrected chi connectivity index (χ4v) is 3.13. The van der Waals surface area contributed by atoms with Gasteiger partial charge in [0.1, 0.15) is 0 Å². The summed E-state index contributed by atoms with van der Waals surface area (Å²) in [7, 11) is 1.67. The van der Waals surface area contributed by atoms with E-state index >= 15 is 0 Å². The lowest BCUT2D eigenvalue weighted by Gasteiger charge is -2.21. The van der Waals surface area contributed by atoms with E-state index < -0.39 is 0 Å². The van der Waals surface area contributed by atoms with Gasteiger partial charge in [0.05, 0.1) is 14.3 Å². The lowest BCUT2D eigenvalue weighted by Crippen LogP contribution is -2.23. The highest BCUT2D eigenvalue weighted by Gasteiger charge is 2.19. The SMILES string of the molecule is COC(C)(C)CCC(=O)c1cc(Br)c(Br)s1. The molecule has 0 spiro atoms. The summed E-state index contributed by atoms with van der Waals surface area (Å²) < 4.78 is 7.18. The number of rotatable bonds is 5. The number of Topliss-reactive ketones (excluding diaryl/α,β-unsaturated/α-hetero) is 1. The fourth-order valence-electron chi connectivity index (χ4n) is 1.12. The molecule has 0 aliphatic heterocycles. The molecule has 1 rings (SSSR count). The third-order valence-electron chi connectivity index (χ3n) is 2.43. The van der Waals surface area contributed by atoms with Crippen LogP contribution in [0.3, 0.4) is 0 Å². The maximum atomic E-state index is 11.9. The van der Waals surface area contributed by atoms with E-state index in [-0.39, 0.29) is 11.4 Å². The standard InChI is InChI=1S/C11H14Br2O2S/c1-11(2,15-3)5-4-8(14)9-6-7(12)10(13)16-9/h6H,4-5H2,1-3H3. The van der Waals surface area contributed by atoms with Crippen LogP contribution in [0.2, 0.25) is 0 Å². The molecule has 1 aromatic rings. The molecule has 0 saturated carbocycles. The molecule has 0 fully saturated rings. The molecule has 1 aromatic heterocycles. The van der Waals surface area contributed by atoms with E-state index in [2.05, 4.69) is 31.9 Å². The molecular formula is C11H14Br2O2S. The Balaban J connectivity index is 2.60. The first-order valence-electron chi connectivity index (χ1n) is 4.89. The predicted molar refractivity (Wildman–Crippen MR) is 74.4 cm³/mol. The Hall–Kier alpha value is 0.290. The smallest absolute Gasteiger partial charge is 0.172 e. The van der Waals surface area contributed by atoms with Gasteiger partial charge in [-0.3, -0.25) is 4.79 Å². The molecule has 0 atom stereocenters. The van der Waals surface area contributed by atoms with Gasteiger partial charge in [0.2, 0.25) is 0 Å². The van der Waals surface area contributed by atoms with Crippen LogP contribution in [-0.2, 0) is 4.74 Å². The Labute approximate surface area is 117 Å². The van der Waals surface area contributed by atoms with Crippen molar-refractivity contribution in [3.05, 3.63) is 19.2 Å². The molecule has 0 bridgehead atoms. The third-order valence-corrected chi connectivity index (χ3v) is 5.72. The van der Waals surface area contributed by atoms with Crippen molar-refractivity contribution in [2.24, 2.45) is 0 Å². The maximum Gasteiger partial charge on any atom is 0.172 e. The quantitative estimate of drug-likeness (QED) is 0.705. The zero-order valence-corrected chi connectivity index (χ0v) is 13.5. The minimum absolute atomic E-state index is 0.168. The van der Waals surface area contributed by atoms with Crippen LogP contribution in [0.4, 0.5) is 0 Å². The van der Waals surface area contributed by atoms with Crippen LogP contribution in [0.1, 0.15) is 36.4 Å². The van der Waals surface area contributed by atoms with Crippen LogP contribution in [0.5, 0.6) is 0 Å². The van der Waals surface area contributed by atoms with E-state index in [0.29, 0.717) is 6.42 Å². The van der Waals surface area contributed by atoms with Crippen LogP contribution in [0, 0.1) is 0 Å². The summed E-state index contributed by atoms with van der Waals surface area (Å²) in [4.78, 5) is 12.7. The maximum absolute atomic E-state index is 11.9. The Morgan fingerprint density at radius 2 is 2.12 bits per heavy atom. The highest BCUT2D eigenvalue weighted by Crippen LogP contribution is 2.33. The highest BCUT2D eigenvalue weighted by atomic mass is 79.9. The summed E-state index contributed by atoms with van der Waals surface area (Å²) in [6.45, 7) is 3.97. The number of methoxy groups -OCH3 is 1. The molecule has 16 heavy (non-hydrogen) atoms. The van der Waals surface area contributed by atoms with E-state index in [1.807, 2.05) is 19.9 Å². The van der Waals surface area contributed by atoms with Crippen molar-refractivity contribution < 1.29 is 9.53 Å². The molecule has 0 amide bonds. The molecule has 0 aliphatic carbocycles. The van der Waals surface area contributed by atoms with Crippen molar-refractivity contribution in [3.63, 3.8) is 0 Å². The van der Waals surface area contributed by atoms with Crippen molar-refractivity contribution in [3.8, 4) is 0 Å². The average Bonchev–Trinajstić information content (AvgIpc) is 2.56. The Bertz CT molecular complexity index is 366. The Kier molecular flexibility index (Phi) is 5.16. The molecule has 5 heteroatoms. The molecular weight excluding hydrogens is 356 g/mol. The van der Waals surface area contributed by atoms with Crippen molar-refractivity contribution in [2.75, 3.05) is 7.11 Å². The summed E-state index contributed by atoms with van der Waals surface area (Å²) in [5, 5.41) is 0. The van der Waals surface area contributed by atoms with Crippen molar-refractivity contribution in [2.45, 2.75) is 32.3 Å². The van der Waals surface area contributed by atoms with E-state index in [4.69, 9.17) is 4.74 Å². The Morgan fingerprint density at radius 3 is 2.56 bits per heavy atom. The van der Waals surface area contributed by atoms with Gasteiger partial charge >= 0.3 is 0 Å². The first kappa shape index (κ1) is 14.4. The van der Waals surface area contributed by atoms with Crippen LogP contribution in [0.15, 0.2) is 14.3 Å². The first-order chi connectivity index (χ1) is 7.35. The highest BCUT2D eigenvalue weighted by molar-refractivity contribution is 9.13. The van der Waals surface area contributed by atoms with Crippen molar-refractivity contribution >= 4 is 49.0 Å². The number of hydrogen-bond donors (Lipinski definition) is 0. The van der Waals surface area contributed by atoms with Crippen LogP contribution >= 0.6 is 43.2 Å². The van der Waals surface area contributed by atoms with Gasteiger partial charge in [-0.05, 0) is 58.2 Å². The first-order valence-corrected chi connectivity index (χ1v) is 7.29. The number of hydrogen-bond acceptors (Lipinski definition) is 3. The van der Waals surface area contributed by atoms with Crippen LogP contribution in [-0.4, -0.2) is 18.5 Å². The van der Waals surface area contributed by atoms with Gasteiger partial charge in [0.25, 0.3) is 0 Å². The second-order valence-electron chi connectivity index (χ2n) is 4.12. The zero-order chi connectivity index (χ0) is 12.3. The van der Waals surface area contributed by atoms with E-state index in [0.717, 1.165) is 19.6 Å². The average molecular weight is 370 g/mol. The molecule has 0 saturated heterocycles. The molecule has 0 radical (unpaired) electrons.